The molecule has 0 saturated heterocycles. The van der Waals surface area contributed by atoms with Crippen LogP contribution in [-0.2, 0) is 17.8 Å². The van der Waals surface area contributed by atoms with Crippen molar-refractivity contribution in [2.75, 3.05) is 5.32 Å². The monoisotopic (exact) mass is 435 g/mol. The zero-order valence-corrected chi connectivity index (χ0v) is 17.4. The molecule has 0 aliphatic heterocycles. The highest BCUT2D eigenvalue weighted by molar-refractivity contribution is 7.71. The van der Waals surface area contributed by atoms with E-state index in [1.165, 1.54) is 11.3 Å². The molecule has 2 heterocycles. The van der Waals surface area contributed by atoms with Crippen LogP contribution in [0, 0.1) is 4.77 Å². The fourth-order valence-corrected chi connectivity index (χ4v) is 3.45. The van der Waals surface area contributed by atoms with Crippen molar-refractivity contribution in [1.29, 1.82) is 0 Å². The van der Waals surface area contributed by atoms with Crippen LogP contribution in [0.25, 0.3) is 0 Å². The van der Waals surface area contributed by atoms with Crippen LogP contribution in [0.15, 0.2) is 42.3 Å². The van der Waals surface area contributed by atoms with E-state index in [1.54, 1.807) is 37.3 Å². The summed E-state index contributed by atoms with van der Waals surface area (Å²) in [7, 11) is 0. The number of hydrogen-bond donors (Lipinski definition) is 2. The van der Waals surface area contributed by atoms with Crippen LogP contribution >= 0.6 is 35.2 Å². The first-order valence-electron chi connectivity index (χ1n) is 8.38. The van der Waals surface area contributed by atoms with E-state index in [1.807, 2.05) is 9.95 Å². The number of ether oxygens (including phenoxy) is 1. The van der Waals surface area contributed by atoms with Gasteiger partial charge in [-0.3, -0.25) is 19.8 Å². The number of nitrogens with zero attached hydrogens (tertiary/aromatic N) is 3. The van der Waals surface area contributed by atoms with Gasteiger partial charge in [0.15, 0.2) is 16.0 Å². The molecule has 1 amide bonds. The summed E-state index contributed by atoms with van der Waals surface area (Å²) >= 11 is 12.4. The number of aromatic nitrogens is 4. The van der Waals surface area contributed by atoms with Crippen LogP contribution in [0.4, 0.5) is 5.13 Å². The molecule has 2 aromatic heterocycles. The molecule has 0 saturated carbocycles. The fraction of sp³-hybridized carbons (Fsp3) is 0.222. The summed E-state index contributed by atoms with van der Waals surface area (Å²) in [6, 6.07) is 6.83. The Bertz CT molecular complexity index is 1030. The Kier molecular flexibility index (Phi) is 6.61. The van der Waals surface area contributed by atoms with Gasteiger partial charge in [0.1, 0.15) is 11.6 Å². The van der Waals surface area contributed by atoms with Gasteiger partial charge in [0.05, 0.1) is 12.1 Å². The number of nitrogens with one attached hydrogen (secondary N) is 2. The average molecular weight is 436 g/mol. The highest BCUT2D eigenvalue weighted by Crippen LogP contribution is 2.20. The number of anilines is 1. The lowest BCUT2D eigenvalue weighted by molar-refractivity contribution is -0.122. The number of halogens is 1. The second-order valence-corrected chi connectivity index (χ2v) is 7.55. The predicted molar refractivity (Wildman–Crippen MR) is 113 cm³/mol. The Morgan fingerprint density at radius 1 is 1.50 bits per heavy atom. The number of carbonyl (C=O) groups excluding carboxylic acids is 1. The SMILES string of the molecule is C=CCn1c(Cc2csc(NC(=O)[C@H](C)Oc3ccc(Cl)cc3)n2)n[nH]c1=S. The molecule has 0 bridgehead atoms. The molecule has 1 atom stereocenters. The normalized spacial score (nSPS) is 11.8. The second-order valence-electron chi connectivity index (χ2n) is 5.87. The Morgan fingerprint density at radius 3 is 2.96 bits per heavy atom. The summed E-state index contributed by atoms with van der Waals surface area (Å²) in [5.74, 6) is 1.04. The van der Waals surface area contributed by atoms with E-state index in [9.17, 15) is 4.79 Å². The van der Waals surface area contributed by atoms with Crippen molar-refractivity contribution >= 4 is 46.2 Å². The third-order valence-electron chi connectivity index (χ3n) is 3.77. The summed E-state index contributed by atoms with van der Waals surface area (Å²) in [5.41, 5.74) is 0.783. The van der Waals surface area contributed by atoms with Gasteiger partial charge < -0.3 is 4.74 Å². The van der Waals surface area contributed by atoms with Crippen LogP contribution in [-0.4, -0.2) is 31.8 Å². The lowest BCUT2D eigenvalue weighted by Crippen LogP contribution is -2.30. The molecule has 146 valence electrons. The Hall–Kier alpha value is -2.49. The highest BCUT2D eigenvalue weighted by Gasteiger charge is 2.17. The molecule has 1 aromatic carbocycles. The number of rotatable bonds is 8. The summed E-state index contributed by atoms with van der Waals surface area (Å²) in [4.78, 5) is 16.8. The topological polar surface area (TPSA) is 84.8 Å². The first kappa shape index (κ1) is 20.2. The number of allylic oxidation sites excluding steroid dienone is 1. The number of carbonyl (C=O) groups is 1. The molecule has 28 heavy (non-hydrogen) atoms. The number of H-pyrrole nitrogens is 1. The number of thiazole rings is 1. The highest BCUT2D eigenvalue weighted by atomic mass is 35.5. The Balaban J connectivity index is 1.60. The molecule has 0 radical (unpaired) electrons. The van der Waals surface area contributed by atoms with E-state index in [-0.39, 0.29) is 5.91 Å². The summed E-state index contributed by atoms with van der Waals surface area (Å²) < 4.78 is 8.00. The molecule has 3 aromatic rings. The van der Waals surface area contributed by atoms with Crippen molar-refractivity contribution in [3.05, 3.63) is 63.6 Å². The van der Waals surface area contributed by atoms with Crippen molar-refractivity contribution < 1.29 is 9.53 Å². The van der Waals surface area contributed by atoms with Crippen LogP contribution in [0.2, 0.25) is 5.02 Å². The molecule has 0 aliphatic carbocycles. The molecule has 7 nitrogen and oxygen atoms in total. The summed E-state index contributed by atoms with van der Waals surface area (Å²) in [6.45, 7) is 5.96. The molecule has 0 aliphatic rings. The van der Waals surface area contributed by atoms with Gasteiger partial charge in [-0.15, -0.1) is 17.9 Å². The zero-order valence-electron chi connectivity index (χ0n) is 15.0. The van der Waals surface area contributed by atoms with Gasteiger partial charge in [-0.2, -0.15) is 5.10 Å². The number of amides is 1. The average Bonchev–Trinajstić information content (AvgIpc) is 3.25. The van der Waals surface area contributed by atoms with Crippen LogP contribution in [0.5, 0.6) is 5.75 Å². The largest absolute Gasteiger partial charge is 0.481 e. The molecule has 3 rings (SSSR count). The first-order chi connectivity index (χ1) is 13.5. The fourth-order valence-electron chi connectivity index (χ4n) is 2.39. The second kappa shape index (κ2) is 9.13. The van der Waals surface area contributed by atoms with Crippen LogP contribution in [0.3, 0.4) is 0 Å². The number of aromatic amines is 1. The Morgan fingerprint density at radius 2 is 2.25 bits per heavy atom. The van der Waals surface area contributed by atoms with Crippen molar-refractivity contribution in [2.24, 2.45) is 0 Å². The third-order valence-corrected chi connectivity index (χ3v) is 5.14. The van der Waals surface area contributed by atoms with Gasteiger partial charge in [0, 0.05) is 16.9 Å². The van der Waals surface area contributed by atoms with Gasteiger partial charge in [-0.1, -0.05) is 17.7 Å². The standard InChI is InChI=1S/C18H18ClN5O2S2/c1-3-8-24-15(22-23-18(24)27)9-13-10-28-17(20-13)21-16(25)11(2)26-14-6-4-12(19)5-7-14/h3-7,10-11H,1,8-9H2,2H3,(H,23,27)(H,20,21,25)/t11-/m0/s1. The van der Waals surface area contributed by atoms with Gasteiger partial charge in [-0.05, 0) is 43.4 Å². The van der Waals surface area contributed by atoms with E-state index in [0.717, 1.165) is 11.5 Å². The maximum Gasteiger partial charge on any atom is 0.266 e. The van der Waals surface area contributed by atoms with Crippen LogP contribution < -0.4 is 10.1 Å². The smallest absolute Gasteiger partial charge is 0.266 e. The van der Waals surface area contributed by atoms with Gasteiger partial charge in [-0.25, -0.2) is 4.98 Å². The summed E-state index contributed by atoms with van der Waals surface area (Å²) in [5, 5.41) is 12.7. The quantitative estimate of drug-likeness (QED) is 0.408. The lowest BCUT2D eigenvalue weighted by atomic mass is 10.3. The van der Waals surface area contributed by atoms with Gasteiger partial charge >= 0.3 is 0 Å². The minimum atomic E-state index is -0.683. The zero-order chi connectivity index (χ0) is 20.1. The van der Waals surface area contributed by atoms with Crippen LogP contribution in [0.1, 0.15) is 18.4 Å². The number of benzene rings is 1. The maximum atomic E-state index is 12.4. The Labute approximate surface area is 176 Å². The predicted octanol–water partition coefficient (Wildman–Crippen LogP) is 4.23. The molecule has 0 unspecified atom stereocenters. The first-order valence-corrected chi connectivity index (χ1v) is 10.1. The molecular formula is C18H18ClN5O2S2. The van der Waals surface area contributed by atoms with Gasteiger partial charge in [0.25, 0.3) is 5.91 Å². The van der Waals surface area contributed by atoms with E-state index in [2.05, 4.69) is 27.1 Å². The van der Waals surface area contributed by atoms with E-state index >= 15 is 0 Å². The minimum absolute atomic E-state index is 0.287. The van der Waals surface area contributed by atoms with E-state index in [0.29, 0.717) is 33.6 Å². The molecule has 10 heteroatoms. The lowest BCUT2D eigenvalue weighted by Gasteiger charge is -2.13. The van der Waals surface area contributed by atoms with Crippen molar-refractivity contribution in [3.8, 4) is 5.75 Å². The molecular weight excluding hydrogens is 418 g/mol. The van der Waals surface area contributed by atoms with Crippen molar-refractivity contribution in [1.82, 2.24) is 19.7 Å². The summed E-state index contributed by atoms with van der Waals surface area (Å²) in [6.07, 6.45) is 1.56. The van der Waals surface area contributed by atoms with E-state index in [4.69, 9.17) is 28.6 Å². The van der Waals surface area contributed by atoms with E-state index < -0.39 is 6.10 Å². The number of hydrogen-bond acceptors (Lipinski definition) is 6. The van der Waals surface area contributed by atoms with Gasteiger partial charge in [0.2, 0.25) is 0 Å². The van der Waals surface area contributed by atoms with Crippen molar-refractivity contribution in [2.45, 2.75) is 26.0 Å². The molecule has 0 fully saturated rings. The third kappa shape index (κ3) is 5.06. The minimum Gasteiger partial charge on any atom is -0.481 e. The molecule has 2 N–H and O–H groups in total. The van der Waals surface area contributed by atoms with Crippen molar-refractivity contribution in [3.63, 3.8) is 0 Å². The molecule has 0 spiro atoms. The maximum absolute atomic E-state index is 12.4.